The zero-order chi connectivity index (χ0) is 27.1. The predicted octanol–water partition coefficient (Wildman–Crippen LogP) is 7.72. The van der Waals surface area contributed by atoms with Gasteiger partial charge in [-0.3, -0.25) is 4.90 Å². The van der Waals surface area contributed by atoms with E-state index in [4.69, 9.17) is 49.0 Å². The molecule has 0 spiro atoms. The Labute approximate surface area is 233 Å². The zero-order valence-electron chi connectivity index (χ0n) is 20.8. The second kappa shape index (κ2) is 10.5. The van der Waals surface area contributed by atoms with Crippen LogP contribution in [-0.4, -0.2) is 51.8 Å². The number of amides is 1. The van der Waals surface area contributed by atoms with E-state index < -0.39 is 29.3 Å². The minimum Gasteiger partial charge on any atom is -0.488 e. The quantitative estimate of drug-likeness (QED) is 0.304. The fourth-order valence-electron chi connectivity index (χ4n) is 3.80. The van der Waals surface area contributed by atoms with Crippen LogP contribution in [0.2, 0.25) is 15.1 Å². The molecule has 1 fully saturated rings. The lowest BCUT2D eigenvalue weighted by Crippen LogP contribution is -2.51. The summed E-state index contributed by atoms with van der Waals surface area (Å²) in [6.07, 6.45) is -0.537. The molecule has 12 heteroatoms. The van der Waals surface area contributed by atoms with Gasteiger partial charge in [0.05, 0.1) is 17.7 Å². The van der Waals surface area contributed by atoms with Crippen LogP contribution < -0.4 is 4.74 Å². The Morgan fingerprint density at radius 3 is 2.43 bits per heavy atom. The molecule has 2 aromatic carbocycles. The van der Waals surface area contributed by atoms with Crippen LogP contribution in [0.15, 0.2) is 30.3 Å². The number of nitrogens with zero attached hydrogens (tertiary/aromatic N) is 3. The fourth-order valence-corrected chi connectivity index (χ4v) is 5.49. The molecule has 1 aliphatic rings. The molecule has 37 heavy (non-hydrogen) atoms. The Balaban J connectivity index is 1.51. The monoisotopic (exact) mass is 587 g/mol. The molecule has 0 radical (unpaired) electrons. The number of hydrogen-bond acceptors (Lipinski definition) is 7. The number of halogens is 4. The molecular weight excluding hydrogens is 564 g/mol. The smallest absolute Gasteiger partial charge is 0.413 e. The number of rotatable bonds is 5. The normalized spacial score (nSPS) is 17.2. The number of carbonyl (C=O) groups excluding carboxylic acids is 1. The first-order valence-corrected chi connectivity index (χ1v) is 13.3. The summed E-state index contributed by atoms with van der Waals surface area (Å²) >= 11 is 19.9. The first kappa shape index (κ1) is 27.9. The van der Waals surface area contributed by atoms with Gasteiger partial charge in [0.1, 0.15) is 27.9 Å². The predicted molar refractivity (Wildman–Crippen MR) is 143 cm³/mol. The Bertz CT molecular complexity index is 1310. The highest BCUT2D eigenvalue weighted by Crippen LogP contribution is 2.38. The van der Waals surface area contributed by atoms with Crippen molar-refractivity contribution in [3.8, 4) is 26.9 Å². The molecule has 3 aromatic rings. The van der Waals surface area contributed by atoms with E-state index in [0.29, 0.717) is 31.2 Å². The molecule has 0 saturated carbocycles. The molecule has 198 valence electrons. The Kier molecular flexibility index (Phi) is 7.93. The van der Waals surface area contributed by atoms with Gasteiger partial charge in [-0.05, 0) is 58.9 Å². The highest BCUT2D eigenvalue weighted by molar-refractivity contribution is 7.18. The van der Waals surface area contributed by atoms with Crippen LogP contribution in [-0.2, 0) is 9.47 Å². The topological polar surface area (TPSA) is 73.8 Å². The number of carbonyl (C=O) groups is 1. The van der Waals surface area contributed by atoms with Gasteiger partial charge in [-0.1, -0.05) is 46.1 Å². The standard InChI is InChI=1S/C25H25Cl3FN3O4S/c1-24(2,3)36-23(33)32-16(12-35-25(32,4)5)11-34-20-10-18(28)17(9-19(20)29)22-31-30-21(37-22)13-6-14(26)8-15(27)7-13/h6-10,16H,11-12H2,1-5H3. The van der Waals surface area contributed by atoms with Gasteiger partial charge in [0, 0.05) is 27.2 Å². The molecule has 7 nitrogen and oxygen atoms in total. The molecule has 1 unspecified atom stereocenters. The van der Waals surface area contributed by atoms with E-state index in [1.165, 1.54) is 28.4 Å². The third-order valence-corrected chi connectivity index (χ3v) is 7.14. The summed E-state index contributed by atoms with van der Waals surface area (Å²) in [6, 6.07) is 7.18. The lowest BCUT2D eigenvalue weighted by molar-refractivity contribution is -0.0637. The second-order valence-corrected chi connectivity index (χ2v) is 12.2. The number of benzene rings is 2. The van der Waals surface area contributed by atoms with Crippen molar-refractivity contribution in [2.24, 2.45) is 0 Å². The molecular formula is C25H25Cl3FN3O4S. The van der Waals surface area contributed by atoms with Crippen LogP contribution >= 0.6 is 46.1 Å². The Morgan fingerprint density at radius 1 is 1.14 bits per heavy atom. The van der Waals surface area contributed by atoms with Gasteiger partial charge in [-0.25, -0.2) is 9.18 Å². The summed E-state index contributed by atoms with van der Waals surface area (Å²) in [7, 11) is 0. The maximum atomic E-state index is 15.1. The third-order valence-electron chi connectivity index (χ3n) is 5.38. The van der Waals surface area contributed by atoms with Gasteiger partial charge in [0.15, 0.2) is 11.6 Å². The molecule has 0 N–H and O–H groups in total. The third kappa shape index (κ3) is 6.46. The highest BCUT2D eigenvalue weighted by Gasteiger charge is 2.46. The summed E-state index contributed by atoms with van der Waals surface area (Å²) in [5.74, 6) is -0.696. The number of ether oxygens (including phenoxy) is 3. The van der Waals surface area contributed by atoms with Crippen LogP contribution in [0.5, 0.6) is 5.75 Å². The van der Waals surface area contributed by atoms with E-state index >= 15 is 4.39 Å². The average molecular weight is 589 g/mol. The lowest BCUT2D eigenvalue weighted by Gasteiger charge is -2.35. The fraction of sp³-hybridized carbons (Fsp3) is 0.400. The molecule has 2 heterocycles. The summed E-state index contributed by atoms with van der Waals surface area (Å²) in [4.78, 5) is 14.3. The van der Waals surface area contributed by atoms with Crippen molar-refractivity contribution in [1.29, 1.82) is 0 Å². The zero-order valence-corrected chi connectivity index (χ0v) is 23.9. The molecule has 4 rings (SSSR count). The van der Waals surface area contributed by atoms with Crippen molar-refractivity contribution >= 4 is 52.2 Å². The average Bonchev–Trinajstić information content (AvgIpc) is 3.36. The highest BCUT2D eigenvalue weighted by atomic mass is 35.5. The van der Waals surface area contributed by atoms with Crippen molar-refractivity contribution in [2.45, 2.75) is 52.0 Å². The van der Waals surface area contributed by atoms with E-state index in [0.717, 1.165) is 0 Å². The number of aromatic nitrogens is 2. The van der Waals surface area contributed by atoms with Crippen molar-refractivity contribution in [2.75, 3.05) is 13.2 Å². The van der Waals surface area contributed by atoms with Gasteiger partial charge >= 0.3 is 6.09 Å². The van der Waals surface area contributed by atoms with E-state index in [1.807, 2.05) is 0 Å². The maximum Gasteiger partial charge on any atom is 0.413 e. The minimum absolute atomic E-state index is 0.0201. The van der Waals surface area contributed by atoms with E-state index in [1.54, 1.807) is 52.8 Å². The summed E-state index contributed by atoms with van der Waals surface area (Å²) in [6.45, 7) is 9.06. The van der Waals surface area contributed by atoms with Crippen molar-refractivity contribution in [3.63, 3.8) is 0 Å². The van der Waals surface area contributed by atoms with Gasteiger partial charge in [0.25, 0.3) is 0 Å². The number of hydrogen-bond donors (Lipinski definition) is 0. The van der Waals surface area contributed by atoms with Gasteiger partial charge < -0.3 is 14.2 Å². The van der Waals surface area contributed by atoms with E-state index in [-0.39, 0.29) is 24.0 Å². The van der Waals surface area contributed by atoms with Crippen LogP contribution in [0.25, 0.3) is 21.1 Å². The molecule has 0 aliphatic carbocycles. The Hall–Kier alpha value is -2.17. The molecule has 1 amide bonds. The molecule has 1 aliphatic heterocycles. The lowest BCUT2D eigenvalue weighted by atomic mass is 10.2. The van der Waals surface area contributed by atoms with Gasteiger partial charge in [-0.15, -0.1) is 10.2 Å². The first-order chi connectivity index (χ1) is 17.2. The minimum atomic E-state index is -0.904. The molecule has 1 saturated heterocycles. The SMILES string of the molecule is CC(C)(C)OC(=O)N1C(COc2cc(Cl)c(-c3nnc(-c4cc(Cl)cc(Cl)c4)s3)cc2F)COC1(C)C. The van der Waals surface area contributed by atoms with E-state index in [2.05, 4.69) is 10.2 Å². The second-order valence-electron chi connectivity index (χ2n) is 9.91. The largest absolute Gasteiger partial charge is 0.488 e. The summed E-state index contributed by atoms with van der Waals surface area (Å²) in [5, 5.41) is 10.5. The van der Waals surface area contributed by atoms with Crippen LogP contribution in [0, 0.1) is 5.82 Å². The first-order valence-electron chi connectivity index (χ1n) is 11.3. The van der Waals surface area contributed by atoms with Crippen LogP contribution in [0.3, 0.4) is 0 Å². The van der Waals surface area contributed by atoms with Gasteiger partial charge in [0.2, 0.25) is 0 Å². The van der Waals surface area contributed by atoms with Gasteiger partial charge in [-0.2, -0.15) is 0 Å². The van der Waals surface area contributed by atoms with E-state index in [9.17, 15) is 4.79 Å². The Morgan fingerprint density at radius 2 is 1.78 bits per heavy atom. The summed E-state index contributed by atoms with van der Waals surface area (Å²) < 4.78 is 32.1. The van der Waals surface area contributed by atoms with Crippen molar-refractivity contribution in [1.82, 2.24) is 15.1 Å². The maximum absolute atomic E-state index is 15.1. The van der Waals surface area contributed by atoms with Crippen LogP contribution in [0.4, 0.5) is 9.18 Å². The van der Waals surface area contributed by atoms with Crippen molar-refractivity contribution in [3.05, 3.63) is 51.2 Å². The summed E-state index contributed by atoms with van der Waals surface area (Å²) in [5.41, 5.74) is -0.530. The van der Waals surface area contributed by atoms with Crippen LogP contribution in [0.1, 0.15) is 34.6 Å². The molecule has 1 atom stereocenters. The molecule has 1 aromatic heterocycles. The molecule has 0 bridgehead atoms. The van der Waals surface area contributed by atoms with Crippen molar-refractivity contribution < 1.29 is 23.4 Å².